The van der Waals surface area contributed by atoms with Crippen molar-refractivity contribution in [1.82, 2.24) is 19.6 Å². The molecule has 0 saturated carbocycles. The number of hydrogen-bond donors (Lipinski definition) is 3. The van der Waals surface area contributed by atoms with Crippen molar-refractivity contribution in [1.29, 1.82) is 0 Å². The van der Waals surface area contributed by atoms with Crippen molar-refractivity contribution >= 4 is 76.7 Å². The van der Waals surface area contributed by atoms with Crippen molar-refractivity contribution in [2.24, 2.45) is 11.7 Å². The van der Waals surface area contributed by atoms with Crippen LogP contribution < -0.4 is 20.1 Å². The Morgan fingerprint density at radius 3 is 1.90 bits per heavy atom. The van der Waals surface area contributed by atoms with Gasteiger partial charge >= 0.3 is 12.0 Å². The Labute approximate surface area is 447 Å². The smallest absolute Gasteiger partial charge is 0.321 e. The molecule has 4 aliphatic rings. The normalized spacial score (nSPS) is 18.1. The van der Waals surface area contributed by atoms with Gasteiger partial charge in [-0.2, -0.15) is 0 Å². The van der Waals surface area contributed by atoms with E-state index in [1.807, 2.05) is 57.4 Å². The zero-order valence-electron chi connectivity index (χ0n) is 40.9. The number of carbonyl (C=O) groups is 2. The van der Waals surface area contributed by atoms with Crippen LogP contribution in [0.4, 0.5) is 14.9 Å². The zero-order valence-corrected chi connectivity index (χ0v) is 44.8. The number of thiol groups is 1. The Bertz CT molecular complexity index is 2270. The molecule has 4 saturated heterocycles. The molecule has 0 radical (unpaired) electrons. The number of nitrogens with two attached hydrogens (primary N) is 1. The summed E-state index contributed by atoms with van der Waals surface area (Å²) in [6, 6.07) is 22.9. The molecule has 1 atom stereocenters. The molecule has 396 valence electrons. The minimum atomic E-state index is -0.813. The number of likely N-dealkylation sites (tertiary alicyclic amines) is 4. The van der Waals surface area contributed by atoms with Crippen LogP contribution in [-0.4, -0.2) is 145 Å². The molecule has 19 heteroatoms. The summed E-state index contributed by atoms with van der Waals surface area (Å²) in [5, 5.41) is 12.0. The highest BCUT2D eigenvalue weighted by Crippen LogP contribution is 2.34. The number of amides is 2. The second-order valence-corrected chi connectivity index (χ2v) is 20.8. The number of carboxylic acid groups (broad SMARTS) is 1. The molecule has 4 fully saturated rings. The number of nitrogens with zero attached hydrogens (tertiary/aromatic N) is 5. The fourth-order valence-electron chi connectivity index (χ4n) is 9.48. The average molecular weight is 1090 g/mol. The van der Waals surface area contributed by atoms with Gasteiger partial charge in [-0.05, 0) is 150 Å². The Morgan fingerprint density at radius 1 is 0.761 bits per heavy atom. The van der Waals surface area contributed by atoms with Gasteiger partial charge in [-0.1, -0.05) is 58.5 Å². The second-order valence-electron chi connectivity index (χ2n) is 18.7. The largest absolute Gasteiger partial charge is 0.490 e. The quantitative estimate of drug-likeness (QED) is 0.117. The van der Waals surface area contributed by atoms with Gasteiger partial charge in [-0.15, -0.1) is 12.6 Å². The van der Waals surface area contributed by atoms with Gasteiger partial charge in [0.05, 0.1) is 20.1 Å². The van der Waals surface area contributed by atoms with Crippen molar-refractivity contribution in [3.8, 4) is 11.5 Å². The lowest BCUT2D eigenvalue weighted by Crippen LogP contribution is -2.51. The molecule has 7 N–H and O–H groups in total. The third kappa shape index (κ3) is 18.3. The highest BCUT2D eigenvalue weighted by molar-refractivity contribution is 7.80. The summed E-state index contributed by atoms with van der Waals surface area (Å²) >= 11 is 28.5. The van der Waals surface area contributed by atoms with Crippen LogP contribution >= 0.6 is 59.0 Å². The first kappa shape index (κ1) is 59.8. The number of urea groups is 1. The maximum absolute atomic E-state index is 13.2. The molecule has 0 aliphatic carbocycles. The van der Waals surface area contributed by atoms with E-state index in [0.717, 1.165) is 138 Å². The monoisotopic (exact) mass is 1090 g/mol. The number of carboxylic acids is 1. The van der Waals surface area contributed by atoms with Gasteiger partial charge < -0.3 is 46.0 Å². The van der Waals surface area contributed by atoms with E-state index >= 15 is 0 Å². The molecule has 4 aliphatic heterocycles. The van der Waals surface area contributed by atoms with Gasteiger partial charge in [0.25, 0.3) is 0 Å². The third-order valence-electron chi connectivity index (χ3n) is 13.7. The number of anilines is 1. The molecule has 0 spiro atoms. The Morgan fingerprint density at radius 2 is 1.34 bits per heavy atom. The molecule has 0 unspecified atom stereocenters. The maximum Gasteiger partial charge on any atom is 0.321 e. The van der Waals surface area contributed by atoms with Crippen LogP contribution in [0.15, 0.2) is 83.8 Å². The van der Waals surface area contributed by atoms with Crippen LogP contribution in [0.5, 0.6) is 11.5 Å². The molecular weight excluding hydrogens is 1010 g/mol. The van der Waals surface area contributed by atoms with Gasteiger partial charge in [-0.25, -0.2) is 9.18 Å². The van der Waals surface area contributed by atoms with Crippen molar-refractivity contribution < 1.29 is 42.4 Å². The van der Waals surface area contributed by atoms with Gasteiger partial charge in [0, 0.05) is 91.0 Å². The van der Waals surface area contributed by atoms with Gasteiger partial charge in [-0.3, -0.25) is 14.6 Å². The lowest BCUT2D eigenvalue weighted by molar-refractivity contribution is -0.144. The van der Waals surface area contributed by atoms with Crippen LogP contribution in [0.1, 0.15) is 65.3 Å². The summed E-state index contributed by atoms with van der Waals surface area (Å²) < 4.78 is 25.5. The van der Waals surface area contributed by atoms with Crippen LogP contribution in [0.2, 0.25) is 20.1 Å². The number of carbonyl (C=O) groups excluding carboxylic acids is 1. The molecule has 4 heterocycles. The number of benzene rings is 4. The first-order chi connectivity index (χ1) is 33.0. The molecule has 4 aromatic rings. The van der Waals surface area contributed by atoms with Crippen LogP contribution in [0.3, 0.4) is 0 Å². The predicted octanol–water partition coefficient (Wildman–Crippen LogP) is 9.96. The highest BCUT2D eigenvalue weighted by Gasteiger charge is 2.32. The van der Waals surface area contributed by atoms with Crippen molar-refractivity contribution in [2.75, 3.05) is 77.9 Å². The molecular formula is C52H75Cl4FN6O7S. The molecule has 13 nitrogen and oxygen atoms in total. The summed E-state index contributed by atoms with van der Waals surface area (Å²) in [5.74, 6) is 1.03. The molecule has 0 bridgehead atoms. The Hall–Kier alpha value is -3.74. The predicted molar refractivity (Wildman–Crippen MR) is 292 cm³/mol. The number of rotatable bonds is 12. The molecule has 2 amide bonds. The number of piperidine rings is 4. The molecule has 71 heavy (non-hydrogen) atoms. The third-order valence-corrected chi connectivity index (χ3v) is 15.6. The van der Waals surface area contributed by atoms with Gasteiger partial charge in [0.2, 0.25) is 0 Å². The average Bonchev–Trinajstić information content (AvgIpc) is 3.34. The summed E-state index contributed by atoms with van der Waals surface area (Å²) in [6.07, 6.45) is 8.70. The van der Waals surface area contributed by atoms with E-state index in [-0.39, 0.29) is 37.9 Å². The lowest BCUT2D eigenvalue weighted by atomic mass is 9.93. The van der Waals surface area contributed by atoms with E-state index in [1.165, 1.54) is 17.8 Å². The summed E-state index contributed by atoms with van der Waals surface area (Å²) in [4.78, 5) is 35.0. The van der Waals surface area contributed by atoms with E-state index < -0.39 is 12.0 Å². The topological polar surface area (TPSA) is 178 Å². The Kier molecular flexibility index (Phi) is 24.6. The summed E-state index contributed by atoms with van der Waals surface area (Å²) in [7, 11) is 4.04. The fraction of sp³-hybridized carbons (Fsp3) is 0.500. The summed E-state index contributed by atoms with van der Waals surface area (Å²) in [5.41, 5.74) is 8.28. The van der Waals surface area contributed by atoms with Crippen molar-refractivity contribution in [2.45, 2.75) is 93.9 Å². The van der Waals surface area contributed by atoms with E-state index in [9.17, 15) is 19.1 Å². The van der Waals surface area contributed by atoms with Gasteiger partial charge in [0.1, 0.15) is 35.6 Å². The number of aliphatic carboxylic acids is 1. The van der Waals surface area contributed by atoms with Crippen LogP contribution in [0, 0.1) is 18.7 Å². The minimum Gasteiger partial charge on any atom is -0.490 e. The maximum atomic E-state index is 13.2. The zero-order chi connectivity index (χ0) is 49.6. The number of hydrogen-bond acceptors (Lipinski definition) is 9. The molecule has 0 aromatic heterocycles. The number of halogens is 5. The van der Waals surface area contributed by atoms with Crippen molar-refractivity contribution in [3.05, 3.63) is 116 Å². The highest BCUT2D eigenvalue weighted by atomic mass is 35.5. The SMILES string of the molecule is CN(C)c1ccc(S)cc1.Cc1c(OC2CCN(CC3CCN([C@@H](Cc4ccc(F)cc4)C(=O)O)CC3)CC2)ccc(Cl)c1Cl.NC(=O)N1CCC(N2CCC(Oc3ccc(Cl)c(Cl)c3)CC2)CC1.O.O.[HH].[HH]. The summed E-state index contributed by atoms with van der Waals surface area (Å²) in [6.45, 7) is 10.1. The first-order valence-electron chi connectivity index (χ1n) is 23.9. The van der Waals surface area contributed by atoms with Crippen LogP contribution in [-0.2, 0) is 11.2 Å². The van der Waals surface area contributed by atoms with E-state index in [1.54, 1.807) is 35.2 Å². The molecule has 4 aromatic carbocycles. The number of primary amides is 1. The second kappa shape index (κ2) is 29.2. The standard InChI is InChI=1S/C27H33Cl2FN2O3.C17H23Cl2N3O2.C8H11NS.2H2O.2H2/c1-18-25(7-6-23(28)26(18)29)35-22-10-12-31(13-11-22)17-20-8-14-32(15-9-20)24(27(33)34)16-19-2-4-21(30)5-3-19;18-15-2-1-14(11-16(15)19)24-13-5-9-21(10-6-13)12-3-7-22(8-4-12)17(20)23;1-9(2)7-3-5-8(10)6-4-7;;;;/h2-7,20,22,24H,8-17H2,1H3,(H,33,34);1-2,11-13H,3-10H2,(H2,20,23);3-6,10H,1-2H3;2*1H2;2*1H/t24-;;;;;;/m0....../s1. The van der Waals surface area contributed by atoms with E-state index in [2.05, 4.69) is 32.2 Å². The van der Waals surface area contributed by atoms with Gasteiger partial charge in [0.15, 0.2) is 0 Å². The molecule has 8 rings (SSSR count). The number of ether oxygens (including phenoxy) is 2. The minimum absolute atomic E-state index is 0. The van der Waals surface area contributed by atoms with Crippen LogP contribution in [0.25, 0.3) is 0 Å². The first-order valence-corrected chi connectivity index (χ1v) is 25.9. The van der Waals surface area contributed by atoms with E-state index in [4.69, 9.17) is 61.6 Å². The Balaban J connectivity index is 0.000000417. The van der Waals surface area contributed by atoms with E-state index in [0.29, 0.717) is 38.5 Å². The lowest BCUT2D eigenvalue weighted by Gasteiger charge is -2.41. The van der Waals surface area contributed by atoms with Crippen molar-refractivity contribution in [3.63, 3.8) is 0 Å². The fourth-order valence-corrected chi connectivity index (χ4v) is 10.3.